The van der Waals surface area contributed by atoms with Gasteiger partial charge in [-0.3, -0.25) is 4.79 Å². The molecule has 0 spiro atoms. The smallest absolute Gasteiger partial charge is 0.230 e. The van der Waals surface area contributed by atoms with Gasteiger partial charge in [-0.1, -0.05) is 31.8 Å². The summed E-state index contributed by atoms with van der Waals surface area (Å²) >= 11 is 0. The highest BCUT2D eigenvalue weighted by atomic mass is 16.5. The number of oxime groups is 1. The Morgan fingerprint density at radius 1 is 1.32 bits per heavy atom. The van der Waals surface area contributed by atoms with Gasteiger partial charge in [0.2, 0.25) is 5.91 Å². The predicted molar refractivity (Wildman–Crippen MR) is 75.2 cm³/mol. The second kappa shape index (κ2) is 11.8. The molecular formula is C13H27N3O3. The number of unbranched alkanes of at least 4 members (excludes halogenated alkanes) is 1. The average Bonchev–Trinajstić information content (AvgIpc) is 2.42. The Hall–Kier alpha value is -1.30. The molecule has 0 aromatic carbocycles. The molecule has 0 radical (unpaired) electrons. The van der Waals surface area contributed by atoms with Crippen LogP contribution in [0.5, 0.6) is 0 Å². The van der Waals surface area contributed by atoms with E-state index in [1.807, 2.05) is 6.92 Å². The summed E-state index contributed by atoms with van der Waals surface area (Å²) in [5.74, 6) is -0.764. The van der Waals surface area contributed by atoms with E-state index in [1.54, 1.807) is 0 Å². The number of nitrogens with zero attached hydrogens (tertiary/aromatic N) is 1. The Kier molecular flexibility index (Phi) is 11.0. The van der Waals surface area contributed by atoms with Crippen molar-refractivity contribution in [2.75, 3.05) is 19.8 Å². The minimum absolute atomic E-state index is 0.0291. The van der Waals surface area contributed by atoms with E-state index in [1.165, 1.54) is 0 Å². The summed E-state index contributed by atoms with van der Waals surface area (Å²) in [6, 6.07) is 0. The van der Waals surface area contributed by atoms with Crippen LogP contribution in [0.25, 0.3) is 0 Å². The molecule has 0 aromatic heterocycles. The lowest BCUT2D eigenvalue weighted by molar-refractivity contribution is -0.123. The minimum atomic E-state index is -0.545. The first-order chi connectivity index (χ1) is 9.17. The number of ether oxygens (including phenoxy) is 1. The molecule has 0 rings (SSSR count). The summed E-state index contributed by atoms with van der Waals surface area (Å²) < 4.78 is 5.39. The first kappa shape index (κ1) is 17.7. The zero-order valence-electron chi connectivity index (χ0n) is 12.0. The highest BCUT2D eigenvalue weighted by Gasteiger charge is 2.21. The maximum Gasteiger partial charge on any atom is 0.230 e. The van der Waals surface area contributed by atoms with Gasteiger partial charge in [-0.25, -0.2) is 0 Å². The van der Waals surface area contributed by atoms with Crippen molar-refractivity contribution in [2.45, 2.75) is 46.0 Å². The molecule has 0 aromatic rings. The molecule has 0 saturated heterocycles. The Morgan fingerprint density at radius 2 is 2.00 bits per heavy atom. The van der Waals surface area contributed by atoms with Crippen LogP contribution in [0.15, 0.2) is 5.16 Å². The van der Waals surface area contributed by atoms with Gasteiger partial charge in [0.1, 0.15) is 0 Å². The molecule has 19 heavy (non-hydrogen) atoms. The Labute approximate surface area is 115 Å². The molecule has 112 valence electrons. The van der Waals surface area contributed by atoms with E-state index in [-0.39, 0.29) is 11.7 Å². The van der Waals surface area contributed by atoms with E-state index in [0.29, 0.717) is 19.6 Å². The average molecular weight is 273 g/mol. The lowest BCUT2D eigenvalue weighted by atomic mass is 10.0. The number of hydrogen-bond donors (Lipinski definition) is 3. The van der Waals surface area contributed by atoms with E-state index in [9.17, 15) is 4.79 Å². The summed E-state index contributed by atoms with van der Waals surface area (Å²) in [6.07, 6.45) is 4.33. The Balaban J connectivity index is 3.81. The molecule has 1 amide bonds. The third kappa shape index (κ3) is 8.42. The number of rotatable bonds is 11. The van der Waals surface area contributed by atoms with Crippen LogP contribution in [-0.4, -0.2) is 36.7 Å². The van der Waals surface area contributed by atoms with Gasteiger partial charge in [-0.15, -0.1) is 0 Å². The first-order valence-corrected chi connectivity index (χ1v) is 7.00. The van der Waals surface area contributed by atoms with Crippen molar-refractivity contribution >= 4 is 11.7 Å². The molecule has 0 aliphatic rings. The van der Waals surface area contributed by atoms with Crippen molar-refractivity contribution < 1.29 is 14.7 Å². The van der Waals surface area contributed by atoms with Crippen LogP contribution in [0.4, 0.5) is 0 Å². The van der Waals surface area contributed by atoms with Crippen molar-refractivity contribution in [1.82, 2.24) is 5.32 Å². The first-order valence-electron chi connectivity index (χ1n) is 7.00. The second-order valence-corrected chi connectivity index (χ2v) is 4.48. The molecule has 0 aliphatic heterocycles. The largest absolute Gasteiger partial charge is 0.409 e. The zero-order chi connectivity index (χ0) is 14.5. The molecule has 0 fully saturated rings. The van der Waals surface area contributed by atoms with Gasteiger partial charge in [0.25, 0.3) is 0 Å². The number of nitrogens with two attached hydrogens (primary N) is 1. The third-order valence-electron chi connectivity index (χ3n) is 2.77. The fourth-order valence-electron chi connectivity index (χ4n) is 1.63. The van der Waals surface area contributed by atoms with E-state index < -0.39 is 5.92 Å². The van der Waals surface area contributed by atoms with Crippen molar-refractivity contribution in [1.29, 1.82) is 0 Å². The van der Waals surface area contributed by atoms with Crippen LogP contribution in [0.1, 0.15) is 46.0 Å². The molecule has 0 heterocycles. The Bertz CT molecular complexity index is 270. The predicted octanol–water partition coefficient (Wildman–Crippen LogP) is 1.47. The highest BCUT2D eigenvalue weighted by Crippen LogP contribution is 2.06. The van der Waals surface area contributed by atoms with Gasteiger partial charge in [0, 0.05) is 19.8 Å². The lowest BCUT2D eigenvalue weighted by Gasteiger charge is -2.14. The molecule has 0 saturated carbocycles. The van der Waals surface area contributed by atoms with Gasteiger partial charge in [0.05, 0.1) is 5.92 Å². The molecule has 0 aliphatic carbocycles. The minimum Gasteiger partial charge on any atom is -0.409 e. The van der Waals surface area contributed by atoms with Crippen molar-refractivity contribution in [3.63, 3.8) is 0 Å². The van der Waals surface area contributed by atoms with Crippen LogP contribution >= 0.6 is 0 Å². The number of amidine groups is 1. The maximum absolute atomic E-state index is 11.8. The van der Waals surface area contributed by atoms with Crippen LogP contribution in [-0.2, 0) is 9.53 Å². The quantitative estimate of drug-likeness (QED) is 0.175. The summed E-state index contributed by atoms with van der Waals surface area (Å²) in [7, 11) is 0. The van der Waals surface area contributed by atoms with Crippen LogP contribution in [0.3, 0.4) is 0 Å². The topological polar surface area (TPSA) is 96.9 Å². The SMILES string of the molecule is CCCCOCCCNC(=O)C(CCC)C(N)=NO. The van der Waals surface area contributed by atoms with Crippen molar-refractivity contribution in [3.8, 4) is 0 Å². The number of nitrogens with one attached hydrogen (secondary N) is 1. The fraction of sp³-hybridized carbons (Fsp3) is 0.846. The lowest BCUT2D eigenvalue weighted by Crippen LogP contribution is -2.39. The van der Waals surface area contributed by atoms with E-state index in [4.69, 9.17) is 15.7 Å². The normalized spacial score (nSPS) is 13.3. The number of hydrogen-bond acceptors (Lipinski definition) is 4. The number of carbonyl (C=O) groups is 1. The number of carbonyl (C=O) groups excluding carboxylic acids is 1. The summed E-state index contributed by atoms with van der Waals surface area (Å²) in [5.41, 5.74) is 5.50. The van der Waals surface area contributed by atoms with E-state index in [0.717, 1.165) is 32.3 Å². The van der Waals surface area contributed by atoms with Gasteiger partial charge >= 0.3 is 0 Å². The highest BCUT2D eigenvalue weighted by molar-refractivity contribution is 6.01. The van der Waals surface area contributed by atoms with Crippen molar-refractivity contribution in [2.24, 2.45) is 16.8 Å². The summed E-state index contributed by atoms with van der Waals surface area (Å²) in [6.45, 7) is 6.02. The molecule has 6 heteroatoms. The molecule has 4 N–H and O–H groups in total. The second-order valence-electron chi connectivity index (χ2n) is 4.48. The maximum atomic E-state index is 11.8. The standard InChI is InChI=1S/C13H27N3O3/c1-3-5-9-19-10-6-8-15-13(17)11(7-4-2)12(14)16-18/h11,18H,3-10H2,1-2H3,(H2,14,16)(H,15,17). The zero-order valence-corrected chi connectivity index (χ0v) is 12.0. The summed E-state index contributed by atoms with van der Waals surface area (Å²) in [4.78, 5) is 11.8. The Morgan fingerprint density at radius 3 is 2.58 bits per heavy atom. The molecule has 1 atom stereocenters. The van der Waals surface area contributed by atoms with Crippen LogP contribution in [0, 0.1) is 5.92 Å². The fourth-order valence-corrected chi connectivity index (χ4v) is 1.63. The molecule has 6 nitrogen and oxygen atoms in total. The molecule has 0 bridgehead atoms. The monoisotopic (exact) mass is 273 g/mol. The van der Waals surface area contributed by atoms with Gasteiger partial charge in [-0.2, -0.15) is 0 Å². The summed E-state index contributed by atoms with van der Waals surface area (Å²) in [5, 5.41) is 14.3. The molecular weight excluding hydrogens is 246 g/mol. The van der Waals surface area contributed by atoms with E-state index >= 15 is 0 Å². The van der Waals surface area contributed by atoms with Crippen molar-refractivity contribution in [3.05, 3.63) is 0 Å². The number of amides is 1. The van der Waals surface area contributed by atoms with E-state index in [2.05, 4.69) is 17.4 Å². The van der Waals surface area contributed by atoms with Gasteiger partial charge in [-0.05, 0) is 19.3 Å². The third-order valence-corrected chi connectivity index (χ3v) is 2.77. The van der Waals surface area contributed by atoms with Crippen LogP contribution < -0.4 is 11.1 Å². The van der Waals surface area contributed by atoms with Gasteiger partial charge in [0.15, 0.2) is 5.84 Å². The van der Waals surface area contributed by atoms with Crippen LogP contribution in [0.2, 0.25) is 0 Å². The molecule has 1 unspecified atom stereocenters. The van der Waals surface area contributed by atoms with Gasteiger partial charge < -0.3 is 21.0 Å².